The van der Waals surface area contributed by atoms with Crippen molar-refractivity contribution in [3.63, 3.8) is 0 Å². The van der Waals surface area contributed by atoms with E-state index in [0.29, 0.717) is 11.6 Å². The molecule has 66 valence electrons. The van der Waals surface area contributed by atoms with Gasteiger partial charge >= 0.3 is 0 Å². The van der Waals surface area contributed by atoms with Crippen LogP contribution in [0.2, 0.25) is 0 Å². The monoisotopic (exact) mass is 173 g/mol. The average Bonchev–Trinajstić information content (AvgIpc) is 2.71. The van der Waals surface area contributed by atoms with Crippen molar-refractivity contribution in [2.45, 2.75) is 12.3 Å². The van der Waals surface area contributed by atoms with Crippen molar-refractivity contribution in [3.05, 3.63) is 29.6 Å². The van der Waals surface area contributed by atoms with Crippen molar-refractivity contribution >= 4 is 0 Å². The van der Waals surface area contributed by atoms with Crippen LogP contribution in [-0.4, -0.2) is 18.2 Å². The lowest BCUT2D eigenvalue weighted by molar-refractivity contribution is 0.194. The maximum Gasteiger partial charge on any atom is 0.112 e. The number of ether oxygens (including phenoxy) is 1. The Hall–Kier alpha value is -1.33. The summed E-state index contributed by atoms with van der Waals surface area (Å²) in [5.74, 6) is 3.02. The number of pyridine rings is 1. The Morgan fingerprint density at radius 3 is 3.00 bits per heavy atom. The smallest absolute Gasteiger partial charge is 0.112 e. The van der Waals surface area contributed by atoms with Gasteiger partial charge in [0.15, 0.2) is 0 Å². The predicted octanol–water partition coefficient (Wildman–Crippen LogP) is 1.57. The van der Waals surface area contributed by atoms with Crippen LogP contribution in [0.5, 0.6) is 0 Å². The second-order valence-electron chi connectivity index (χ2n) is 3.18. The highest BCUT2D eigenvalue weighted by Gasteiger charge is 2.17. The Labute approximate surface area is 77.9 Å². The van der Waals surface area contributed by atoms with Gasteiger partial charge in [0.25, 0.3) is 0 Å². The maximum absolute atomic E-state index is 5.30. The molecule has 1 unspecified atom stereocenters. The van der Waals surface area contributed by atoms with Crippen molar-refractivity contribution in [1.29, 1.82) is 0 Å². The van der Waals surface area contributed by atoms with Crippen molar-refractivity contribution < 1.29 is 4.74 Å². The summed E-state index contributed by atoms with van der Waals surface area (Å²) in [6.45, 7) is 1.68. The minimum absolute atomic E-state index is 0.513. The van der Waals surface area contributed by atoms with Gasteiger partial charge in [0.05, 0.1) is 6.61 Å². The van der Waals surface area contributed by atoms with Gasteiger partial charge in [-0.05, 0) is 18.1 Å². The van der Waals surface area contributed by atoms with Crippen LogP contribution in [0, 0.1) is 12.3 Å². The molecule has 0 radical (unpaired) electrons. The van der Waals surface area contributed by atoms with Crippen LogP contribution >= 0.6 is 0 Å². The van der Waals surface area contributed by atoms with Crippen LogP contribution < -0.4 is 0 Å². The molecular weight excluding hydrogens is 162 g/mol. The van der Waals surface area contributed by atoms with Crippen LogP contribution in [0.25, 0.3) is 0 Å². The van der Waals surface area contributed by atoms with Gasteiger partial charge in [0.1, 0.15) is 5.69 Å². The standard InChI is InChI=1S/C11H11NO/c1-2-11-4-3-9(7-12-11)10-5-6-13-8-10/h1,3-4,7,10H,5-6,8H2. The molecule has 0 bridgehead atoms. The molecule has 0 saturated carbocycles. The minimum Gasteiger partial charge on any atom is -0.381 e. The van der Waals surface area contributed by atoms with Crippen molar-refractivity contribution in [2.75, 3.05) is 13.2 Å². The van der Waals surface area contributed by atoms with Crippen molar-refractivity contribution in [3.8, 4) is 12.3 Å². The van der Waals surface area contributed by atoms with Gasteiger partial charge in [-0.25, -0.2) is 4.98 Å². The van der Waals surface area contributed by atoms with Gasteiger partial charge in [-0.1, -0.05) is 12.0 Å². The van der Waals surface area contributed by atoms with E-state index in [-0.39, 0.29) is 0 Å². The predicted molar refractivity (Wildman–Crippen MR) is 50.3 cm³/mol. The first-order chi connectivity index (χ1) is 6.40. The Bertz CT molecular complexity index is 317. The van der Waals surface area contributed by atoms with Crippen LogP contribution in [0.15, 0.2) is 18.3 Å². The molecule has 2 heterocycles. The Kier molecular flexibility index (Phi) is 2.29. The van der Waals surface area contributed by atoms with E-state index >= 15 is 0 Å². The fourth-order valence-electron chi connectivity index (χ4n) is 1.53. The molecule has 2 nitrogen and oxygen atoms in total. The molecule has 1 aliphatic heterocycles. The SMILES string of the molecule is C#Cc1ccc(C2CCOC2)cn1. The van der Waals surface area contributed by atoms with Gasteiger partial charge in [0, 0.05) is 18.7 Å². The summed E-state index contributed by atoms with van der Waals surface area (Å²) < 4.78 is 5.30. The fraction of sp³-hybridized carbons (Fsp3) is 0.364. The van der Waals surface area contributed by atoms with E-state index in [4.69, 9.17) is 11.2 Å². The third-order valence-electron chi connectivity index (χ3n) is 2.34. The molecule has 1 atom stereocenters. The van der Waals surface area contributed by atoms with E-state index in [9.17, 15) is 0 Å². The number of aromatic nitrogens is 1. The first-order valence-corrected chi connectivity index (χ1v) is 4.40. The minimum atomic E-state index is 0.513. The van der Waals surface area contributed by atoms with Gasteiger partial charge in [-0.2, -0.15) is 0 Å². The second-order valence-corrected chi connectivity index (χ2v) is 3.18. The zero-order chi connectivity index (χ0) is 9.10. The summed E-state index contributed by atoms with van der Waals surface area (Å²) in [4.78, 5) is 4.15. The van der Waals surface area contributed by atoms with E-state index in [1.165, 1.54) is 5.56 Å². The summed E-state index contributed by atoms with van der Waals surface area (Å²) in [5, 5.41) is 0. The number of terminal acetylenes is 1. The lowest BCUT2D eigenvalue weighted by Crippen LogP contribution is -1.98. The number of nitrogens with zero attached hydrogens (tertiary/aromatic N) is 1. The molecule has 1 aromatic rings. The second kappa shape index (κ2) is 3.59. The quantitative estimate of drug-likeness (QED) is 0.601. The molecule has 1 aliphatic rings. The van der Waals surface area contributed by atoms with Gasteiger partial charge in [0.2, 0.25) is 0 Å². The largest absolute Gasteiger partial charge is 0.381 e. The molecule has 0 aliphatic carbocycles. The van der Waals surface area contributed by atoms with Crippen LogP contribution in [0.4, 0.5) is 0 Å². The van der Waals surface area contributed by atoms with Crippen molar-refractivity contribution in [2.24, 2.45) is 0 Å². The summed E-state index contributed by atoms with van der Waals surface area (Å²) in [6.07, 6.45) is 8.17. The molecule has 1 aromatic heterocycles. The zero-order valence-corrected chi connectivity index (χ0v) is 7.36. The van der Waals surface area contributed by atoms with E-state index in [1.807, 2.05) is 18.3 Å². The highest BCUT2D eigenvalue weighted by molar-refractivity contribution is 5.28. The Morgan fingerprint density at radius 1 is 1.54 bits per heavy atom. The van der Waals surface area contributed by atoms with E-state index in [1.54, 1.807) is 0 Å². The van der Waals surface area contributed by atoms with Gasteiger partial charge in [-0.3, -0.25) is 0 Å². The molecule has 0 amide bonds. The summed E-state index contributed by atoms with van der Waals surface area (Å²) in [6, 6.07) is 3.93. The number of rotatable bonds is 1. The third kappa shape index (κ3) is 1.71. The summed E-state index contributed by atoms with van der Waals surface area (Å²) in [5.41, 5.74) is 1.93. The third-order valence-corrected chi connectivity index (χ3v) is 2.34. The molecule has 1 saturated heterocycles. The highest BCUT2D eigenvalue weighted by atomic mass is 16.5. The van der Waals surface area contributed by atoms with E-state index in [0.717, 1.165) is 19.6 Å². The average molecular weight is 173 g/mol. The Morgan fingerprint density at radius 2 is 2.46 bits per heavy atom. The van der Waals surface area contributed by atoms with Crippen LogP contribution in [0.1, 0.15) is 23.6 Å². The van der Waals surface area contributed by atoms with Gasteiger partial charge in [-0.15, -0.1) is 6.42 Å². The fourth-order valence-corrected chi connectivity index (χ4v) is 1.53. The Balaban J connectivity index is 2.18. The molecule has 1 fully saturated rings. The maximum atomic E-state index is 5.30. The molecule has 0 aromatic carbocycles. The van der Waals surface area contributed by atoms with E-state index < -0.39 is 0 Å². The normalized spacial score (nSPS) is 21.3. The molecule has 13 heavy (non-hydrogen) atoms. The summed E-state index contributed by atoms with van der Waals surface area (Å²) >= 11 is 0. The van der Waals surface area contributed by atoms with Crippen LogP contribution in [0.3, 0.4) is 0 Å². The van der Waals surface area contributed by atoms with E-state index in [2.05, 4.69) is 10.9 Å². The summed E-state index contributed by atoms with van der Waals surface area (Å²) in [7, 11) is 0. The lowest BCUT2D eigenvalue weighted by atomic mass is 10.0. The molecule has 0 spiro atoms. The number of hydrogen-bond donors (Lipinski definition) is 0. The molecular formula is C11H11NO. The molecule has 2 heteroatoms. The molecule has 0 N–H and O–H groups in total. The topological polar surface area (TPSA) is 22.1 Å². The zero-order valence-electron chi connectivity index (χ0n) is 7.36. The molecule has 2 rings (SSSR count). The first kappa shape index (κ1) is 8.28. The van der Waals surface area contributed by atoms with Crippen molar-refractivity contribution in [1.82, 2.24) is 4.98 Å². The lowest BCUT2D eigenvalue weighted by Gasteiger charge is -2.06. The first-order valence-electron chi connectivity index (χ1n) is 4.40. The number of hydrogen-bond acceptors (Lipinski definition) is 2. The van der Waals surface area contributed by atoms with Crippen LogP contribution in [-0.2, 0) is 4.74 Å². The highest BCUT2D eigenvalue weighted by Crippen LogP contribution is 2.24. The van der Waals surface area contributed by atoms with Gasteiger partial charge < -0.3 is 4.74 Å².